The van der Waals surface area contributed by atoms with Crippen molar-refractivity contribution in [2.45, 2.75) is 0 Å². The number of halogens is 4. The van der Waals surface area contributed by atoms with Crippen molar-refractivity contribution in [3.63, 3.8) is 0 Å². The smallest absolute Gasteiger partial charge is 0.160 e. The maximum absolute atomic E-state index is 13.4. The van der Waals surface area contributed by atoms with Crippen molar-refractivity contribution in [2.75, 3.05) is 5.32 Å². The molecule has 19 heavy (non-hydrogen) atoms. The second kappa shape index (κ2) is 5.43. The zero-order valence-corrected chi connectivity index (χ0v) is 10.9. The van der Waals surface area contributed by atoms with Gasteiger partial charge in [0.25, 0.3) is 0 Å². The van der Waals surface area contributed by atoms with Crippen LogP contribution in [-0.2, 0) is 0 Å². The van der Waals surface area contributed by atoms with Crippen LogP contribution < -0.4 is 5.32 Å². The van der Waals surface area contributed by atoms with Gasteiger partial charge in [0, 0.05) is 11.4 Å². The van der Waals surface area contributed by atoms with Gasteiger partial charge in [0.05, 0.1) is 15.6 Å². The molecule has 0 aliphatic rings. The average molecular weight is 299 g/mol. The van der Waals surface area contributed by atoms with Crippen molar-refractivity contribution in [3.05, 3.63) is 57.6 Å². The van der Waals surface area contributed by atoms with Crippen LogP contribution in [0.1, 0.15) is 5.56 Å². The molecule has 2 aromatic carbocycles. The third kappa shape index (κ3) is 2.95. The number of hydrogen-bond acceptors (Lipinski definition) is 2. The topological polar surface area (TPSA) is 35.8 Å². The number of rotatable bonds is 2. The van der Waals surface area contributed by atoms with E-state index in [9.17, 15) is 8.78 Å². The SMILES string of the molecule is N#Cc1ccc(Nc2cc(Cl)c(F)c(Cl)c2)cc1F. The first kappa shape index (κ1) is 13.6. The highest BCUT2D eigenvalue weighted by atomic mass is 35.5. The Morgan fingerprint density at radius 3 is 2.16 bits per heavy atom. The molecule has 2 aromatic rings. The van der Waals surface area contributed by atoms with Crippen LogP contribution >= 0.6 is 23.2 Å². The van der Waals surface area contributed by atoms with Crippen LogP contribution in [0.25, 0.3) is 0 Å². The Balaban J connectivity index is 2.32. The van der Waals surface area contributed by atoms with Crippen LogP contribution in [0.4, 0.5) is 20.2 Å². The molecule has 0 aliphatic heterocycles. The fourth-order valence-corrected chi connectivity index (χ4v) is 1.96. The summed E-state index contributed by atoms with van der Waals surface area (Å²) in [5.41, 5.74) is 0.761. The lowest BCUT2D eigenvalue weighted by Gasteiger charge is -2.08. The first-order chi connectivity index (χ1) is 9.01. The molecule has 2 nitrogen and oxygen atoms in total. The number of nitrogens with one attached hydrogen (secondary N) is 1. The second-order valence-corrected chi connectivity index (χ2v) is 4.50. The molecule has 0 aromatic heterocycles. The van der Waals surface area contributed by atoms with Crippen LogP contribution in [-0.4, -0.2) is 0 Å². The summed E-state index contributed by atoms with van der Waals surface area (Å²) in [7, 11) is 0. The maximum atomic E-state index is 13.4. The lowest BCUT2D eigenvalue weighted by atomic mass is 10.2. The van der Waals surface area contributed by atoms with Gasteiger partial charge in [-0.15, -0.1) is 0 Å². The molecule has 0 radical (unpaired) electrons. The first-order valence-electron chi connectivity index (χ1n) is 5.12. The average Bonchev–Trinajstić information content (AvgIpc) is 2.36. The van der Waals surface area contributed by atoms with Crippen molar-refractivity contribution in [1.29, 1.82) is 5.26 Å². The summed E-state index contributed by atoms with van der Waals surface area (Å²) in [6, 6.07) is 8.40. The zero-order valence-electron chi connectivity index (χ0n) is 9.35. The van der Waals surface area contributed by atoms with E-state index in [0.717, 1.165) is 6.07 Å². The molecule has 1 N–H and O–H groups in total. The molecule has 0 aliphatic carbocycles. The number of nitriles is 1. The van der Waals surface area contributed by atoms with Gasteiger partial charge in [-0.05, 0) is 30.3 Å². The van der Waals surface area contributed by atoms with Crippen molar-refractivity contribution < 1.29 is 8.78 Å². The highest BCUT2D eigenvalue weighted by Gasteiger charge is 2.08. The molecule has 0 unspecified atom stereocenters. The lowest BCUT2D eigenvalue weighted by Crippen LogP contribution is -1.94. The molecule has 0 fully saturated rings. The number of benzene rings is 2. The molecule has 96 valence electrons. The Kier molecular flexibility index (Phi) is 3.89. The van der Waals surface area contributed by atoms with Gasteiger partial charge in [-0.1, -0.05) is 23.2 Å². The van der Waals surface area contributed by atoms with E-state index in [4.69, 9.17) is 28.5 Å². The third-order valence-corrected chi connectivity index (χ3v) is 2.91. The molecule has 6 heteroatoms. The highest BCUT2D eigenvalue weighted by molar-refractivity contribution is 6.35. The van der Waals surface area contributed by atoms with Crippen molar-refractivity contribution in [2.24, 2.45) is 0 Å². The highest BCUT2D eigenvalue weighted by Crippen LogP contribution is 2.29. The Morgan fingerprint density at radius 1 is 1.00 bits per heavy atom. The van der Waals surface area contributed by atoms with Gasteiger partial charge >= 0.3 is 0 Å². The normalized spacial score (nSPS) is 10.1. The summed E-state index contributed by atoms with van der Waals surface area (Å²) >= 11 is 11.3. The van der Waals surface area contributed by atoms with E-state index < -0.39 is 11.6 Å². The van der Waals surface area contributed by atoms with Gasteiger partial charge in [-0.2, -0.15) is 5.26 Å². The molecular formula is C13H6Cl2F2N2. The number of anilines is 2. The first-order valence-corrected chi connectivity index (χ1v) is 5.88. The summed E-state index contributed by atoms with van der Waals surface area (Å²) in [5.74, 6) is -1.35. The van der Waals surface area contributed by atoms with Crippen molar-refractivity contribution in [1.82, 2.24) is 0 Å². The molecular weight excluding hydrogens is 293 g/mol. The Hall–Kier alpha value is -1.83. The van der Waals surface area contributed by atoms with Gasteiger partial charge in [0.2, 0.25) is 0 Å². The predicted molar refractivity (Wildman–Crippen MR) is 70.8 cm³/mol. The van der Waals surface area contributed by atoms with E-state index in [1.165, 1.54) is 24.3 Å². The van der Waals surface area contributed by atoms with Crippen LogP contribution in [0.2, 0.25) is 10.0 Å². The fraction of sp³-hybridized carbons (Fsp3) is 0. The minimum atomic E-state index is -0.708. The predicted octanol–water partition coefficient (Wildman–Crippen LogP) is 4.89. The van der Waals surface area contributed by atoms with Gasteiger partial charge in [0.15, 0.2) is 5.82 Å². The van der Waals surface area contributed by atoms with Crippen LogP contribution in [0, 0.1) is 23.0 Å². The molecule has 0 bridgehead atoms. The summed E-state index contributed by atoms with van der Waals surface area (Å²) in [4.78, 5) is 0. The largest absolute Gasteiger partial charge is 0.355 e. The second-order valence-electron chi connectivity index (χ2n) is 3.69. The van der Waals surface area contributed by atoms with E-state index in [1.54, 1.807) is 6.07 Å². The monoisotopic (exact) mass is 298 g/mol. The zero-order chi connectivity index (χ0) is 14.0. The Bertz CT molecular complexity index is 658. The minimum Gasteiger partial charge on any atom is -0.355 e. The molecule has 0 saturated heterocycles. The van der Waals surface area contributed by atoms with Gasteiger partial charge < -0.3 is 5.32 Å². The number of nitrogens with zero attached hydrogens (tertiary/aromatic N) is 1. The molecule has 0 spiro atoms. The molecule has 0 amide bonds. The minimum absolute atomic E-state index is 0.0549. The summed E-state index contributed by atoms with van der Waals surface area (Å²) in [6.07, 6.45) is 0. The molecule has 0 atom stereocenters. The van der Waals surface area contributed by atoms with Gasteiger partial charge in [-0.25, -0.2) is 8.78 Å². The molecule has 0 saturated carbocycles. The van der Waals surface area contributed by atoms with Crippen LogP contribution in [0.15, 0.2) is 30.3 Å². The van der Waals surface area contributed by atoms with Crippen molar-refractivity contribution in [3.8, 4) is 6.07 Å². The lowest BCUT2D eigenvalue weighted by molar-refractivity contribution is 0.624. The maximum Gasteiger partial charge on any atom is 0.160 e. The Morgan fingerprint density at radius 2 is 1.63 bits per heavy atom. The van der Waals surface area contributed by atoms with E-state index in [0.29, 0.717) is 11.4 Å². The fourth-order valence-electron chi connectivity index (χ4n) is 1.48. The third-order valence-electron chi connectivity index (χ3n) is 2.36. The van der Waals surface area contributed by atoms with Gasteiger partial charge in [0.1, 0.15) is 11.9 Å². The molecule has 0 heterocycles. The van der Waals surface area contributed by atoms with Crippen molar-refractivity contribution >= 4 is 34.6 Å². The Labute approximate surface area is 118 Å². The quantitative estimate of drug-likeness (QED) is 0.802. The number of hydrogen-bond donors (Lipinski definition) is 1. The van der Waals surface area contributed by atoms with E-state index in [1.807, 2.05) is 0 Å². The van der Waals surface area contributed by atoms with Crippen LogP contribution in [0.5, 0.6) is 0 Å². The summed E-state index contributed by atoms with van der Waals surface area (Å²) in [6.45, 7) is 0. The van der Waals surface area contributed by atoms with E-state index in [2.05, 4.69) is 5.32 Å². The molecule has 2 rings (SSSR count). The van der Waals surface area contributed by atoms with E-state index in [-0.39, 0.29) is 15.6 Å². The van der Waals surface area contributed by atoms with E-state index >= 15 is 0 Å². The summed E-state index contributed by atoms with van der Waals surface area (Å²) < 4.78 is 26.6. The van der Waals surface area contributed by atoms with Crippen LogP contribution in [0.3, 0.4) is 0 Å². The van der Waals surface area contributed by atoms with Gasteiger partial charge in [-0.3, -0.25) is 0 Å². The summed E-state index contributed by atoms with van der Waals surface area (Å²) in [5, 5.41) is 11.2. The standard InChI is InChI=1S/C13H6Cl2F2N2/c14-10-3-9(4-11(15)13(10)17)19-8-2-1-7(6-18)12(16)5-8/h1-5,19H.